The highest BCUT2D eigenvalue weighted by Crippen LogP contribution is 2.16. The Hall–Kier alpha value is -1.26. The highest BCUT2D eigenvalue weighted by Gasteiger charge is 2.23. The minimum Gasteiger partial charge on any atom is -0.465 e. The Kier molecular flexibility index (Phi) is 2.52. The van der Waals surface area contributed by atoms with Gasteiger partial charge in [-0.05, 0) is 12.8 Å². The third-order valence-electron chi connectivity index (χ3n) is 2.21. The van der Waals surface area contributed by atoms with Crippen LogP contribution in [0, 0.1) is 11.3 Å². The number of piperidine rings is 1. The van der Waals surface area contributed by atoms with E-state index in [1.54, 1.807) is 0 Å². The molecule has 0 unspecified atom stereocenters. The molecule has 4 N–H and O–H groups in total. The zero-order chi connectivity index (χ0) is 9.14. The van der Waals surface area contributed by atoms with Gasteiger partial charge in [-0.3, -0.25) is 5.41 Å². The van der Waals surface area contributed by atoms with Crippen molar-refractivity contribution >= 4 is 11.9 Å². The molecule has 0 bridgehead atoms. The fraction of sp³-hybridized carbons (Fsp3) is 0.714. The molecule has 0 aliphatic carbocycles. The van der Waals surface area contributed by atoms with Crippen LogP contribution in [0.3, 0.4) is 0 Å². The van der Waals surface area contributed by atoms with E-state index in [-0.39, 0.29) is 11.8 Å². The highest BCUT2D eigenvalue weighted by molar-refractivity contribution is 5.79. The molecule has 1 aliphatic heterocycles. The summed E-state index contributed by atoms with van der Waals surface area (Å²) >= 11 is 0. The van der Waals surface area contributed by atoms with Crippen LogP contribution in [0.15, 0.2) is 0 Å². The number of nitrogens with two attached hydrogens (primary N) is 1. The van der Waals surface area contributed by atoms with Gasteiger partial charge in [-0.25, -0.2) is 4.79 Å². The number of nitrogens with zero attached hydrogens (tertiary/aromatic N) is 1. The topological polar surface area (TPSA) is 90.4 Å². The average Bonchev–Trinajstić information content (AvgIpc) is 2.04. The lowest BCUT2D eigenvalue weighted by Crippen LogP contribution is -2.40. The lowest BCUT2D eigenvalue weighted by atomic mass is 9.96. The first-order valence-corrected chi connectivity index (χ1v) is 3.93. The van der Waals surface area contributed by atoms with E-state index in [0.29, 0.717) is 25.9 Å². The van der Waals surface area contributed by atoms with Gasteiger partial charge in [0.2, 0.25) is 0 Å². The van der Waals surface area contributed by atoms with E-state index in [1.807, 2.05) is 0 Å². The number of nitrogens with one attached hydrogen (secondary N) is 1. The van der Waals surface area contributed by atoms with Gasteiger partial charge < -0.3 is 15.7 Å². The molecule has 5 nitrogen and oxygen atoms in total. The summed E-state index contributed by atoms with van der Waals surface area (Å²) in [6, 6.07) is 0. The fourth-order valence-electron chi connectivity index (χ4n) is 1.38. The number of amidine groups is 1. The Morgan fingerprint density at radius 2 is 2.00 bits per heavy atom. The van der Waals surface area contributed by atoms with Gasteiger partial charge in [-0.2, -0.15) is 0 Å². The van der Waals surface area contributed by atoms with Gasteiger partial charge in [0.25, 0.3) is 0 Å². The Bertz CT molecular complexity index is 175. The summed E-state index contributed by atoms with van der Waals surface area (Å²) < 4.78 is 0. The molecule has 0 saturated carbocycles. The molecule has 12 heavy (non-hydrogen) atoms. The van der Waals surface area contributed by atoms with Crippen LogP contribution in [0.5, 0.6) is 0 Å². The Morgan fingerprint density at radius 3 is 2.33 bits per heavy atom. The minimum atomic E-state index is -0.878. The molecular weight excluding hydrogens is 158 g/mol. The first-order chi connectivity index (χ1) is 5.61. The molecule has 0 aromatic carbocycles. The maximum absolute atomic E-state index is 10.5. The van der Waals surface area contributed by atoms with Crippen molar-refractivity contribution in [3.8, 4) is 0 Å². The molecule has 1 rings (SSSR count). The van der Waals surface area contributed by atoms with Gasteiger partial charge in [-0.15, -0.1) is 0 Å². The third kappa shape index (κ3) is 1.87. The number of rotatable bonds is 1. The van der Waals surface area contributed by atoms with Gasteiger partial charge in [-0.1, -0.05) is 0 Å². The van der Waals surface area contributed by atoms with Crippen LogP contribution in [0.1, 0.15) is 12.8 Å². The summed E-state index contributed by atoms with van der Waals surface area (Å²) in [7, 11) is 0. The van der Waals surface area contributed by atoms with Crippen LogP contribution in [-0.2, 0) is 0 Å². The second kappa shape index (κ2) is 3.42. The average molecular weight is 171 g/mol. The van der Waals surface area contributed by atoms with Crippen LogP contribution < -0.4 is 5.73 Å². The minimum absolute atomic E-state index is 0.0839. The number of amides is 1. The Labute approximate surface area is 70.7 Å². The molecule has 0 spiro atoms. The summed E-state index contributed by atoms with van der Waals surface area (Å²) in [4.78, 5) is 11.8. The first-order valence-electron chi connectivity index (χ1n) is 3.93. The van der Waals surface area contributed by atoms with Crippen molar-refractivity contribution in [2.75, 3.05) is 13.1 Å². The molecule has 0 radical (unpaired) electrons. The summed E-state index contributed by atoms with van der Waals surface area (Å²) in [5, 5.41) is 15.8. The molecule has 1 aliphatic rings. The summed E-state index contributed by atoms with van der Waals surface area (Å²) in [5.74, 6) is 0.264. The lowest BCUT2D eigenvalue weighted by Gasteiger charge is -2.28. The monoisotopic (exact) mass is 171 g/mol. The number of carbonyl (C=O) groups is 1. The smallest absolute Gasteiger partial charge is 0.407 e. The molecule has 0 aromatic heterocycles. The summed E-state index contributed by atoms with van der Waals surface area (Å²) in [6.07, 6.45) is 0.487. The molecule has 1 amide bonds. The van der Waals surface area contributed by atoms with Gasteiger partial charge in [0.15, 0.2) is 0 Å². The van der Waals surface area contributed by atoms with Crippen molar-refractivity contribution in [1.82, 2.24) is 4.90 Å². The number of carboxylic acid groups (broad SMARTS) is 1. The molecule has 1 saturated heterocycles. The normalized spacial score (nSPS) is 19.2. The van der Waals surface area contributed by atoms with Crippen LogP contribution in [0.25, 0.3) is 0 Å². The largest absolute Gasteiger partial charge is 0.465 e. The van der Waals surface area contributed by atoms with Gasteiger partial charge in [0, 0.05) is 19.0 Å². The SMILES string of the molecule is N=C(N)C1CCN(C(=O)O)CC1. The molecule has 5 heteroatoms. The van der Waals surface area contributed by atoms with Crippen molar-refractivity contribution in [2.45, 2.75) is 12.8 Å². The third-order valence-corrected chi connectivity index (χ3v) is 2.21. The molecule has 0 atom stereocenters. The Morgan fingerprint density at radius 1 is 1.50 bits per heavy atom. The van der Waals surface area contributed by atoms with E-state index in [1.165, 1.54) is 4.90 Å². The second-order valence-electron chi connectivity index (χ2n) is 3.00. The van der Waals surface area contributed by atoms with E-state index in [0.717, 1.165) is 0 Å². The van der Waals surface area contributed by atoms with Crippen molar-refractivity contribution < 1.29 is 9.90 Å². The summed E-state index contributed by atoms with van der Waals surface area (Å²) in [6.45, 7) is 0.999. The first kappa shape index (κ1) is 8.83. The van der Waals surface area contributed by atoms with Gasteiger partial charge in [0.05, 0.1) is 5.84 Å². The molecule has 68 valence electrons. The standard InChI is InChI=1S/C7H13N3O2/c8-6(9)5-1-3-10(4-2-5)7(11)12/h5H,1-4H2,(H3,8,9)(H,11,12). The van der Waals surface area contributed by atoms with Gasteiger partial charge in [0.1, 0.15) is 0 Å². The number of hydrogen-bond acceptors (Lipinski definition) is 2. The molecule has 0 aromatic rings. The Balaban J connectivity index is 2.39. The van der Waals surface area contributed by atoms with Crippen molar-refractivity contribution in [1.29, 1.82) is 5.41 Å². The van der Waals surface area contributed by atoms with Crippen LogP contribution in [0.2, 0.25) is 0 Å². The second-order valence-corrected chi connectivity index (χ2v) is 3.00. The quantitative estimate of drug-likeness (QED) is 0.392. The predicted octanol–water partition coefficient (Wildman–Crippen LogP) is 0.312. The van der Waals surface area contributed by atoms with Crippen LogP contribution >= 0.6 is 0 Å². The van der Waals surface area contributed by atoms with Crippen molar-refractivity contribution in [2.24, 2.45) is 11.7 Å². The number of hydrogen-bond donors (Lipinski definition) is 3. The maximum Gasteiger partial charge on any atom is 0.407 e. The zero-order valence-corrected chi connectivity index (χ0v) is 6.79. The van der Waals surface area contributed by atoms with E-state index >= 15 is 0 Å². The van der Waals surface area contributed by atoms with Crippen LogP contribution in [0.4, 0.5) is 4.79 Å². The van der Waals surface area contributed by atoms with Crippen molar-refractivity contribution in [3.63, 3.8) is 0 Å². The molecule has 1 fully saturated rings. The maximum atomic E-state index is 10.5. The predicted molar refractivity (Wildman–Crippen MR) is 44.2 cm³/mol. The lowest BCUT2D eigenvalue weighted by molar-refractivity contribution is 0.131. The van der Waals surface area contributed by atoms with Gasteiger partial charge >= 0.3 is 6.09 Å². The molecular formula is C7H13N3O2. The van der Waals surface area contributed by atoms with E-state index < -0.39 is 6.09 Å². The zero-order valence-electron chi connectivity index (χ0n) is 6.79. The summed E-state index contributed by atoms with van der Waals surface area (Å²) in [5.41, 5.74) is 5.31. The highest BCUT2D eigenvalue weighted by atomic mass is 16.4. The van der Waals surface area contributed by atoms with Crippen LogP contribution in [-0.4, -0.2) is 35.0 Å². The number of likely N-dealkylation sites (tertiary alicyclic amines) is 1. The van der Waals surface area contributed by atoms with E-state index in [4.69, 9.17) is 16.2 Å². The van der Waals surface area contributed by atoms with E-state index in [9.17, 15) is 4.79 Å². The fourth-order valence-corrected chi connectivity index (χ4v) is 1.38. The molecule has 1 heterocycles. The van der Waals surface area contributed by atoms with E-state index in [2.05, 4.69) is 0 Å². The van der Waals surface area contributed by atoms with Crippen molar-refractivity contribution in [3.05, 3.63) is 0 Å².